The second kappa shape index (κ2) is 5.44. The molecule has 0 saturated heterocycles. The molecule has 0 aliphatic heterocycles. The number of nitrogens with zero attached hydrogens (tertiary/aromatic N) is 2. The van der Waals surface area contributed by atoms with E-state index in [2.05, 4.69) is 9.97 Å². The van der Waals surface area contributed by atoms with Gasteiger partial charge in [0.05, 0.1) is 12.8 Å². The molecule has 15 heavy (non-hydrogen) atoms. The van der Waals surface area contributed by atoms with Crippen molar-refractivity contribution in [2.45, 2.75) is 26.7 Å². The first kappa shape index (κ1) is 11.6. The van der Waals surface area contributed by atoms with Crippen LogP contribution in [-0.4, -0.2) is 22.9 Å². The Hall–Kier alpha value is -1.45. The quantitative estimate of drug-likeness (QED) is 0.738. The number of hydrogen-bond donors (Lipinski definition) is 0. The van der Waals surface area contributed by atoms with E-state index in [1.165, 1.54) is 6.33 Å². The minimum atomic E-state index is 0.0889. The average Bonchev–Trinajstić information content (AvgIpc) is 2.28. The third-order valence-corrected chi connectivity index (χ3v) is 2.43. The van der Waals surface area contributed by atoms with E-state index < -0.39 is 0 Å². The first-order valence-corrected chi connectivity index (χ1v) is 5.05. The second-order valence-electron chi connectivity index (χ2n) is 3.50. The number of carbonyl (C=O) groups is 1. The Labute approximate surface area is 89.7 Å². The smallest absolute Gasteiger partial charge is 0.216 e. The molecule has 4 nitrogen and oxygen atoms in total. The van der Waals surface area contributed by atoms with Crippen molar-refractivity contribution in [3.05, 3.63) is 18.1 Å². The van der Waals surface area contributed by atoms with Gasteiger partial charge in [-0.15, -0.1) is 0 Å². The first-order chi connectivity index (χ1) is 7.17. The standard InChI is InChI=1S/C11H16N2O2/c1-4-8(2)10(14)5-9-6-11(15-3)13-7-12-9/h6-8H,4-5H2,1-3H3. The number of rotatable bonds is 5. The zero-order chi connectivity index (χ0) is 11.3. The topological polar surface area (TPSA) is 52.1 Å². The van der Waals surface area contributed by atoms with Gasteiger partial charge in [-0.2, -0.15) is 0 Å². The van der Waals surface area contributed by atoms with Crippen LogP contribution in [0.2, 0.25) is 0 Å². The molecule has 0 N–H and O–H groups in total. The fourth-order valence-corrected chi connectivity index (χ4v) is 1.17. The number of Topliss-reactive ketones (excluding diaryl/α,β-unsaturated/α-hetero) is 1. The Balaban J connectivity index is 2.68. The molecule has 1 atom stereocenters. The minimum absolute atomic E-state index is 0.0889. The fourth-order valence-electron chi connectivity index (χ4n) is 1.17. The SMILES string of the molecule is CCC(C)C(=O)Cc1cc(OC)ncn1. The molecule has 1 unspecified atom stereocenters. The van der Waals surface area contributed by atoms with E-state index in [1.807, 2.05) is 13.8 Å². The molecule has 82 valence electrons. The molecule has 4 heteroatoms. The number of hydrogen-bond acceptors (Lipinski definition) is 4. The second-order valence-corrected chi connectivity index (χ2v) is 3.50. The van der Waals surface area contributed by atoms with Gasteiger partial charge < -0.3 is 4.74 Å². The molecule has 0 aromatic carbocycles. The van der Waals surface area contributed by atoms with E-state index in [4.69, 9.17) is 4.74 Å². The van der Waals surface area contributed by atoms with E-state index in [9.17, 15) is 4.79 Å². The van der Waals surface area contributed by atoms with Gasteiger partial charge in [-0.05, 0) is 6.42 Å². The molecule has 0 bridgehead atoms. The van der Waals surface area contributed by atoms with Gasteiger partial charge in [0, 0.05) is 18.4 Å². The number of ether oxygens (including phenoxy) is 1. The summed E-state index contributed by atoms with van der Waals surface area (Å²) in [7, 11) is 1.54. The average molecular weight is 208 g/mol. The minimum Gasteiger partial charge on any atom is -0.481 e. The first-order valence-electron chi connectivity index (χ1n) is 5.05. The Morgan fingerprint density at radius 3 is 2.87 bits per heavy atom. The van der Waals surface area contributed by atoms with Crippen molar-refractivity contribution in [1.82, 2.24) is 9.97 Å². The van der Waals surface area contributed by atoms with E-state index >= 15 is 0 Å². The summed E-state index contributed by atoms with van der Waals surface area (Å²) in [5.74, 6) is 0.793. The van der Waals surface area contributed by atoms with Crippen LogP contribution in [0.4, 0.5) is 0 Å². The van der Waals surface area contributed by atoms with Crippen molar-refractivity contribution in [3.8, 4) is 5.88 Å². The summed E-state index contributed by atoms with van der Waals surface area (Å²) in [6.07, 6.45) is 2.63. The summed E-state index contributed by atoms with van der Waals surface area (Å²) in [4.78, 5) is 19.6. The maximum absolute atomic E-state index is 11.6. The monoisotopic (exact) mass is 208 g/mol. The van der Waals surface area contributed by atoms with Crippen LogP contribution in [0.1, 0.15) is 26.0 Å². The van der Waals surface area contributed by atoms with Gasteiger partial charge in [0.15, 0.2) is 0 Å². The van der Waals surface area contributed by atoms with Crippen molar-refractivity contribution in [3.63, 3.8) is 0 Å². The third-order valence-electron chi connectivity index (χ3n) is 2.43. The van der Waals surface area contributed by atoms with E-state index in [1.54, 1.807) is 13.2 Å². The Bertz CT molecular complexity index is 339. The van der Waals surface area contributed by atoms with Crippen LogP contribution in [0.25, 0.3) is 0 Å². The maximum atomic E-state index is 11.6. The van der Waals surface area contributed by atoms with Crippen LogP contribution in [-0.2, 0) is 11.2 Å². The molecular weight excluding hydrogens is 192 g/mol. The van der Waals surface area contributed by atoms with Crippen LogP contribution in [0.3, 0.4) is 0 Å². The summed E-state index contributed by atoms with van der Waals surface area (Å²) in [5.41, 5.74) is 0.715. The molecule has 1 heterocycles. The number of carbonyl (C=O) groups excluding carboxylic acids is 1. The van der Waals surface area contributed by atoms with Gasteiger partial charge in [-0.25, -0.2) is 9.97 Å². The maximum Gasteiger partial charge on any atom is 0.216 e. The van der Waals surface area contributed by atoms with Crippen molar-refractivity contribution >= 4 is 5.78 Å². The lowest BCUT2D eigenvalue weighted by Crippen LogP contribution is -2.13. The Morgan fingerprint density at radius 2 is 2.27 bits per heavy atom. The molecule has 0 amide bonds. The highest BCUT2D eigenvalue weighted by Gasteiger charge is 2.12. The molecule has 0 aliphatic carbocycles. The summed E-state index contributed by atoms with van der Waals surface area (Å²) in [5, 5.41) is 0. The molecule has 0 saturated carbocycles. The molecule has 0 fully saturated rings. The van der Waals surface area contributed by atoms with Crippen LogP contribution in [0, 0.1) is 5.92 Å². The van der Waals surface area contributed by atoms with Gasteiger partial charge in [-0.3, -0.25) is 4.79 Å². The zero-order valence-electron chi connectivity index (χ0n) is 9.36. The highest BCUT2D eigenvalue weighted by Crippen LogP contribution is 2.10. The molecule has 1 rings (SSSR count). The van der Waals surface area contributed by atoms with Gasteiger partial charge >= 0.3 is 0 Å². The lowest BCUT2D eigenvalue weighted by Gasteiger charge is -2.06. The lowest BCUT2D eigenvalue weighted by molar-refractivity contribution is -0.121. The zero-order valence-corrected chi connectivity index (χ0v) is 9.36. The summed E-state index contributed by atoms with van der Waals surface area (Å²) in [6.45, 7) is 3.93. The lowest BCUT2D eigenvalue weighted by atomic mass is 10.00. The number of methoxy groups -OCH3 is 1. The van der Waals surface area contributed by atoms with Crippen LogP contribution in [0.15, 0.2) is 12.4 Å². The van der Waals surface area contributed by atoms with Crippen LogP contribution in [0.5, 0.6) is 5.88 Å². The van der Waals surface area contributed by atoms with E-state index in [0.717, 1.165) is 6.42 Å². The van der Waals surface area contributed by atoms with Crippen molar-refractivity contribution in [1.29, 1.82) is 0 Å². The molecule has 1 aromatic rings. The van der Waals surface area contributed by atoms with Gasteiger partial charge in [0.1, 0.15) is 12.1 Å². The number of ketones is 1. The van der Waals surface area contributed by atoms with Gasteiger partial charge in [-0.1, -0.05) is 13.8 Å². The summed E-state index contributed by atoms with van der Waals surface area (Å²) < 4.78 is 4.96. The van der Waals surface area contributed by atoms with Gasteiger partial charge in [0.25, 0.3) is 0 Å². The van der Waals surface area contributed by atoms with Crippen LogP contribution < -0.4 is 4.74 Å². The van der Waals surface area contributed by atoms with Crippen molar-refractivity contribution < 1.29 is 9.53 Å². The predicted octanol–water partition coefficient (Wildman–Crippen LogP) is 1.64. The largest absolute Gasteiger partial charge is 0.481 e. The van der Waals surface area contributed by atoms with Gasteiger partial charge in [0.2, 0.25) is 5.88 Å². The molecular formula is C11H16N2O2. The summed E-state index contributed by atoms with van der Waals surface area (Å²) in [6, 6.07) is 1.69. The molecule has 0 aliphatic rings. The number of aromatic nitrogens is 2. The predicted molar refractivity (Wildman–Crippen MR) is 56.8 cm³/mol. The fraction of sp³-hybridized carbons (Fsp3) is 0.545. The van der Waals surface area contributed by atoms with Crippen molar-refractivity contribution in [2.75, 3.05) is 7.11 Å². The Morgan fingerprint density at radius 1 is 1.53 bits per heavy atom. The van der Waals surface area contributed by atoms with E-state index in [0.29, 0.717) is 18.0 Å². The summed E-state index contributed by atoms with van der Waals surface area (Å²) >= 11 is 0. The normalized spacial score (nSPS) is 12.2. The Kier molecular flexibility index (Phi) is 4.21. The van der Waals surface area contributed by atoms with Crippen LogP contribution >= 0.6 is 0 Å². The molecule has 0 spiro atoms. The van der Waals surface area contributed by atoms with E-state index in [-0.39, 0.29) is 11.7 Å². The van der Waals surface area contributed by atoms with Crippen molar-refractivity contribution in [2.24, 2.45) is 5.92 Å². The molecule has 0 radical (unpaired) electrons. The highest BCUT2D eigenvalue weighted by molar-refractivity contribution is 5.82. The third kappa shape index (κ3) is 3.31. The highest BCUT2D eigenvalue weighted by atomic mass is 16.5. The molecule has 1 aromatic heterocycles.